The number of anilines is 3. The van der Waals surface area contributed by atoms with Crippen LogP contribution in [0.1, 0.15) is 36.2 Å². The Balaban J connectivity index is 1.07. The van der Waals surface area contributed by atoms with Crippen molar-refractivity contribution in [2.45, 2.75) is 38.0 Å². The van der Waals surface area contributed by atoms with Crippen molar-refractivity contribution in [1.82, 2.24) is 14.9 Å². The third-order valence-electron chi connectivity index (χ3n) is 8.68. The second-order valence-corrected chi connectivity index (χ2v) is 11.6. The molecule has 4 aliphatic rings. The van der Waals surface area contributed by atoms with Gasteiger partial charge in [0.25, 0.3) is 0 Å². The van der Waals surface area contributed by atoms with Crippen LogP contribution >= 0.6 is 0 Å². The first-order valence-electron chi connectivity index (χ1n) is 14.1. The molecular formula is C29H28F2N6O6. The molecule has 4 atom stereocenters. The van der Waals surface area contributed by atoms with Crippen molar-refractivity contribution >= 4 is 46.2 Å². The van der Waals surface area contributed by atoms with Crippen LogP contribution in [-0.2, 0) is 9.53 Å². The maximum atomic E-state index is 15.3. The molecule has 0 bridgehead atoms. The first-order valence-corrected chi connectivity index (χ1v) is 14.1. The van der Waals surface area contributed by atoms with Crippen molar-refractivity contribution in [3.05, 3.63) is 57.9 Å². The van der Waals surface area contributed by atoms with E-state index in [-0.39, 0.29) is 53.6 Å². The Morgan fingerprint density at radius 1 is 1.14 bits per heavy atom. The SMILES string of the molecule is CC(=O)NC[C@H]1CN(c2ccc(N[C@@H]3CCN(c4nc5c(cc4F)c(=O)c(C(=O)O)cn5C4C5CC54)C3)c(F)c2)C(=O)O1. The molecule has 12 nitrogen and oxygen atoms in total. The molecule has 224 valence electrons. The number of hydrogen-bond donors (Lipinski definition) is 3. The van der Waals surface area contributed by atoms with Crippen molar-refractivity contribution in [3.63, 3.8) is 0 Å². The van der Waals surface area contributed by atoms with E-state index in [9.17, 15) is 24.3 Å². The lowest BCUT2D eigenvalue weighted by Gasteiger charge is -2.21. The van der Waals surface area contributed by atoms with Crippen LogP contribution in [0.15, 0.2) is 35.3 Å². The third-order valence-corrected chi connectivity index (χ3v) is 8.68. The van der Waals surface area contributed by atoms with E-state index in [2.05, 4.69) is 15.6 Å². The first kappa shape index (κ1) is 27.1. The lowest BCUT2D eigenvalue weighted by atomic mass is 10.1. The zero-order valence-electron chi connectivity index (χ0n) is 23.0. The molecule has 1 aromatic carbocycles. The normalized spacial score (nSPS) is 25.5. The summed E-state index contributed by atoms with van der Waals surface area (Å²) in [6, 6.07) is 5.24. The number of ether oxygens (including phenoxy) is 1. The van der Waals surface area contributed by atoms with Crippen molar-refractivity contribution in [2.75, 3.05) is 41.3 Å². The highest BCUT2D eigenvalue weighted by Crippen LogP contribution is 2.71. The Labute approximate surface area is 243 Å². The van der Waals surface area contributed by atoms with Crippen LogP contribution in [0.4, 0.5) is 30.8 Å². The molecule has 2 saturated carbocycles. The van der Waals surface area contributed by atoms with Gasteiger partial charge in [-0.05, 0) is 48.9 Å². The molecule has 0 spiro atoms. The molecule has 14 heteroatoms. The molecule has 7 rings (SSSR count). The highest BCUT2D eigenvalue weighted by molar-refractivity contribution is 5.92. The largest absolute Gasteiger partial charge is 0.477 e. The molecular weight excluding hydrogens is 566 g/mol. The minimum Gasteiger partial charge on any atom is -0.477 e. The van der Waals surface area contributed by atoms with Crippen LogP contribution in [0.2, 0.25) is 0 Å². The third kappa shape index (κ3) is 4.79. The number of carbonyl (C=O) groups is 3. The maximum Gasteiger partial charge on any atom is 0.414 e. The summed E-state index contributed by atoms with van der Waals surface area (Å²) in [7, 11) is 0. The van der Waals surface area contributed by atoms with Gasteiger partial charge in [-0.3, -0.25) is 14.5 Å². The Hall–Kier alpha value is -4.75. The highest BCUT2D eigenvalue weighted by Gasteiger charge is 2.65. The Morgan fingerprint density at radius 2 is 1.93 bits per heavy atom. The van der Waals surface area contributed by atoms with Crippen LogP contribution in [-0.4, -0.2) is 71.0 Å². The van der Waals surface area contributed by atoms with E-state index in [4.69, 9.17) is 4.74 Å². The fraction of sp³-hybridized carbons (Fsp3) is 0.414. The fourth-order valence-corrected chi connectivity index (χ4v) is 6.17. The topological polar surface area (TPSA) is 146 Å². The number of aromatic nitrogens is 2. The van der Waals surface area contributed by atoms with Crippen LogP contribution in [0, 0.1) is 23.5 Å². The van der Waals surface area contributed by atoms with Gasteiger partial charge < -0.3 is 29.9 Å². The first-order chi connectivity index (χ1) is 20.6. The molecule has 2 aliphatic heterocycles. The summed E-state index contributed by atoms with van der Waals surface area (Å²) < 4.78 is 37.4. The molecule has 2 amide bonds. The van der Waals surface area contributed by atoms with Gasteiger partial charge in [0.05, 0.1) is 29.9 Å². The summed E-state index contributed by atoms with van der Waals surface area (Å²) in [4.78, 5) is 55.5. The molecule has 43 heavy (non-hydrogen) atoms. The van der Waals surface area contributed by atoms with E-state index in [1.807, 2.05) is 0 Å². The van der Waals surface area contributed by atoms with Crippen LogP contribution in [0.5, 0.6) is 0 Å². The number of halogens is 2. The van der Waals surface area contributed by atoms with Gasteiger partial charge in [0.2, 0.25) is 11.3 Å². The van der Waals surface area contributed by atoms with Gasteiger partial charge in [0, 0.05) is 38.3 Å². The number of nitrogens with one attached hydrogen (secondary N) is 2. The van der Waals surface area contributed by atoms with Crippen LogP contribution in [0.3, 0.4) is 0 Å². The minimum absolute atomic E-state index is 0.0551. The number of fused-ring (bicyclic) bond motifs is 2. The lowest BCUT2D eigenvalue weighted by molar-refractivity contribution is -0.119. The number of carboxylic acids is 1. The fourth-order valence-electron chi connectivity index (χ4n) is 6.17. The Kier molecular flexibility index (Phi) is 6.25. The van der Waals surface area contributed by atoms with Crippen molar-refractivity contribution < 1.29 is 33.0 Å². The molecule has 2 saturated heterocycles. The summed E-state index contributed by atoms with van der Waals surface area (Å²) in [6.45, 7) is 2.43. The number of aromatic carboxylic acids is 1. The van der Waals surface area contributed by atoms with E-state index in [0.717, 1.165) is 12.5 Å². The Bertz CT molecular complexity index is 1760. The van der Waals surface area contributed by atoms with E-state index in [1.54, 1.807) is 15.5 Å². The van der Waals surface area contributed by atoms with E-state index in [1.165, 1.54) is 30.2 Å². The van der Waals surface area contributed by atoms with Gasteiger partial charge in [0.1, 0.15) is 23.1 Å². The summed E-state index contributed by atoms with van der Waals surface area (Å²) in [6.07, 6.45) is 1.75. The summed E-state index contributed by atoms with van der Waals surface area (Å²) in [5, 5.41) is 15.2. The molecule has 0 radical (unpaired) electrons. The van der Waals surface area contributed by atoms with Gasteiger partial charge >= 0.3 is 12.1 Å². The number of pyridine rings is 2. The van der Waals surface area contributed by atoms with E-state index < -0.39 is 40.8 Å². The number of carboxylic acid groups (broad SMARTS) is 1. The van der Waals surface area contributed by atoms with Gasteiger partial charge in [-0.2, -0.15) is 0 Å². The zero-order valence-corrected chi connectivity index (χ0v) is 23.0. The second-order valence-electron chi connectivity index (χ2n) is 11.6. The number of hydrogen-bond acceptors (Lipinski definition) is 8. The van der Waals surface area contributed by atoms with Gasteiger partial charge in [0.15, 0.2) is 11.6 Å². The van der Waals surface area contributed by atoms with Crippen LogP contribution in [0.25, 0.3) is 11.0 Å². The Morgan fingerprint density at radius 3 is 2.60 bits per heavy atom. The molecule has 4 fully saturated rings. The van der Waals surface area contributed by atoms with Crippen molar-refractivity contribution in [2.24, 2.45) is 11.8 Å². The number of nitrogens with zero attached hydrogens (tertiary/aromatic N) is 4. The quantitative estimate of drug-likeness (QED) is 0.358. The van der Waals surface area contributed by atoms with Gasteiger partial charge in [-0.1, -0.05) is 0 Å². The average molecular weight is 595 g/mol. The summed E-state index contributed by atoms with van der Waals surface area (Å²) in [5.41, 5.74) is -0.373. The number of carbonyl (C=O) groups excluding carboxylic acids is 2. The van der Waals surface area contributed by atoms with E-state index >= 15 is 8.78 Å². The molecule has 3 aromatic rings. The lowest BCUT2D eigenvalue weighted by Crippen LogP contribution is -2.33. The average Bonchev–Trinajstić information content (AvgIpc) is 3.78. The number of cyclic esters (lactones) is 1. The van der Waals surface area contributed by atoms with Gasteiger partial charge in [-0.15, -0.1) is 0 Å². The molecule has 2 unspecified atom stereocenters. The monoisotopic (exact) mass is 594 g/mol. The van der Waals surface area contributed by atoms with Gasteiger partial charge in [-0.25, -0.2) is 23.4 Å². The molecule has 2 aliphatic carbocycles. The predicted molar refractivity (Wildman–Crippen MR) is 150 cm³/mol. The zero-order chi connectivity index (χ0) is 30.2. The standard InChI is InChI=1S/C29H28F2N6O6/c1-13(38)32-9-16-11-36(29(42)43-16)15-2-3-23(21(30)6-15)33-14-4-5-35(10-14)27-22(31)8-19-25(39)20(28(40)41)12-37(26(19)34-27)24-17-7-18(17)24/h2-3,6,8,12,14,16-18,24,33H,4-5,7,9-11H2,1H3,(H,32,38)(H,40,41)/t14-,16+,17?,18?,24?/m1/s1. The highest BCUT2D eigenvalue weighted by atomic mass is 19.1. The maximum absolute atomic E-state index is 15.3. The van der Waals surface area contributed by atoms with Crippen LogP contribution < -0.4 is 25.9 Å². The number of rotatable bonds is 8. The summed E-state index contributed by atoms with van der Waals surface area (Å²) >= 11 is 0. The number of benzene rings is 1. The van der Waals surface area contributed by atoms with Crippen molar-refractivity contribution in [3.8, 4) is 0 Å². The molecule has 3 N–H and O–H groups in total. The smallest absolute Gasteiger partial charge is 0.414 e. The summed E-state index contributed by atoms with van der Waals surface area (Å²) in [5.74, 6) is -1.99. The molecule has 4 heterocycles. The van der Waals surface area contributed by atoms with Crippen molar-refractivity contribution in [1.29, 1.82) is 0 Å². The van der Waals surface area contributed by atoms with E-state index in [0.29, 0.717) is 37.0 Å². The number of amides is 2. The molecule has 2 aromatic heterocycles. The second kappa shape index (κ2) is 9.92. The predicted octanol–water partition coefficient (Wildman–Crippen LogP) is 2.72. The minimum atomic E-state index is -1.36.